The summed E-state index contributed by atoms with van der Waals surface area (Å²) in [6.45, 7) is -0.182. The van der Waals surface area contributed by atoms with Gasteiger partial charge in [0.1, 0.15) is 23.0 Å². The number of urea groups is 1. The number of nitro groups is 1. The fourth-order valence-electron chi connectivity index (χ4n) is 2.33. The normalized spacial score (nSPS) is 13.3. The van der Waals surface area contributed by atoms with Gasteiger partial charge < -0.3 is 15.9 Å². The summed E-state index contributed by atoms with van der Waals surface area (Å²) in [4.78, 5) is 35.4. The van der Waals surface area contributed by atoms with E-state index in [4.69, 9.17) is 15.9 Å². The molecule has 1 aliphatic heterocycles. The van der Waals surface area contributed by atoms with Crippen molar-refractivity contribution in [3.63, 3.8) is 0 Å². The molecule has 14 nitrogen and oxygen atoms in total. The average Bonchev–Trinajstić information content (AvgIpc) is 3.39. The number of nitrogens with zero attached hydrogens (tertiary/aromatic N) is 6. The monoisotopic (exact) mass is 451 g/mol. The van der Waals surface area contributed by atoms with E-state index in [1.54, 1.807) is 12.1 Å². The van der Waals surface area contributed by atoms with Gasteiger partial charge in [-0.25, -0.2) is 14.8 Å². The molecule has 3 amide bonds. The SMILES string of the molecule is Nc1ccc(N=Nc2ccccc2)c(N)n1.O=C1CN(/N=C/c2ccc([N+](=O)[O-])o2)C(=O)N1. The van der Waals surface area contributed by atoms with Crippen LogP contribution >= 0.6 is 0 Å². The summed E-state index contributed by atoms with van der Waals surface area (Å²) in [7, 11) is 0. The van der Waals surface area contributed by atoms with Gasteiger partial charge in [-0.3, -0.25) is 20.2 Å². The summed E-state index contributed by atoms with van der Waals surface area (Å²) >= 11 is 0. The maximum absolute atomic E-state index is 11.1. The highest BCUT2D eigenvalue weighted by molar-refractivity contribution is 6.02. The number of pyridine rings is 1. The molecule has 1 fully saturated rings. The molecule has 0 bridgehead atoms. The Labute approximate surface area is 185 Å². The molecule has 0 saturated carbocycles. The fraction of sp³-hybridized carbons (Fsp3) is 0.0526. The third-order valence-electron chi connectivity index (χ3n) is 3.84. The number of azo groups is 1. The summed E-state index contributed by atoms with van der Waals surface area (Å²) in [6.07, 6.45) is 1.12. The number of rotatable bonds is 5. The molecule has 3 aromatic rings. The molecule has 0 spiro atoms. The van der Waals surface area contributed by atoms with Crippen molar-refractivity contribution in [3.8, 4) is 0 Å². The van der Waals surface area contributed by atoms with Gasteiger partial charge in [-0.2, -0.15) is 10.2 Å². The van der Waals surface area contributed by atoms with E-state index in [-0.39, 0.29) is 18.1 Å². The number of aromatic nitrogens is 1. The summed E-state index contributed by atoms with van der Waals surface area (Å²) in [5, 5.41) is 24.9. The number of hydrogen-bond acceptors (Lipinski definition) is 11. The molecular formula is C19H17N9O5. The van der Waals surface area contributed by atoms with E-state index in [9.17, 15) is 19.7 Å². The van der Waals surface area contributed by atoms with Crippen LogP contribution in [0, 0.1) is 10.1 Å². The Morgan fingerprint density at radius 2 is 1.85 bits per heavy atom. The summed E-state index contributed by atoms with van der Waals surface area (Å²) in [5.74, 6) is -0.120. The Bertz CT molecular complexity index is 1220. The fourth-order valence-corrected chi connectivity index (χ4v) is 2.33. The Hall–Kier alpha value is -5.14. The first-order valence-electron chi connectivity index (χ1n) is 9.20. The minimum absolute atomic E-state index is 0.115. The summed E-state index contributed by atoms with van der Waals surface area (Å²) in [6, 6.07) is 14.6. The highest BCUT2D eigenvalue weighted by atomic mass is 16.6. The van der Waals surface area contributed by atoms with E-state index in [0.717, 1.165) is 23.0 Å². The minimum atomic E-state index is -0.691. The number of benzene rings is 1. The van der Waals surface area contributed by atoms with Crippen molar-refractivity contribution in [2.75, 3.05) is 18.0 Å². The quantitative estimate of drug-likeness (QED) is 0.172. The molecule has 14 heteroatoms. The molecule has 0 atom stereocenters. The smallest absolute Gasteiger partial charge is 0.400 e. The van der Waals surface area contributed by atoms with Crippen LogP contribution in [0.4, 0.5) is 33.7 Å². The molecule has 1 aliphatic rings. The van der Waals surface area contributed by atoms with Crippen molar-refractivity contribution >= 4 is 47.0 Å². The van der Waals surface area contributed by atoms with Crippen LogP contribution in [0.25, 0.3) is 0 Å². The van der Waals surface area contributed by atoms with E-state index in [1.165, 1.54) is 6.07 Å². The maximum Gasteiger partial charge on any atom is 0.433 e. The number of amides is 3. The highest BCUT2D eigenvalue weighted by Gasteiger charge is 2.26. The van der Waals surface area contributed by atoms with Crippen LogP contribution in [0.15, 0.2) is 74.3 Å². The maximum atomic E-state index is 11.1. The molecule has 3 heterocycles. The van der Waals surface area contributed by atoms with E-state index in [0.29, 0.717) is 11.5 Å². The van der Waals surface area contributed by atoms with Gasteiger partial charge in [0.05, 0.1) is 18.0 Å². The van der Waals surface area contributed by atoms with Gasteiger partial charge in [0.15, 0.2) is 11.6 Å². The Morgan fingerprint density at radius 1 is 1.09 bits per heavy atom. The number of carbonyl (C=O) groups is 2. The van der Waals surface area contributed by atoms with Gasteiger partial charge in [-0.05, 0) is 30.3 Å². The standard InChI is InChI=1S/C11H11N5.C8H6N4O5/c12-10-7-6-9(11(13)14-10)16-15-8-4-2-1-3-5-8;13-6-4-11(8(14)10-6)9-3-5-1-2-7(17-5)12(15)16/h1-7H,(H4,12,13,14);1-3H,4H2,(H,10,13,14)/b;9-3+. The number of nitrogens with two attached hydrogens (primary N) is 2. The molecule has 168 valence electrons. The molecule has 33 heavy (non-hydrogen) atoms. The number of imide groups is 1. The predicted molar refractivity (Wildman–Crippen MR) is 117 cm³/mol. The third kappa shape index (κ3) is 6.42. The van der Waals surface area contributed by atoms with Crippen LogP contribution in [0.1, 0.15) is 5.76 Å². The van der Waals surface area contributed by atoms with Crippen LogP contribution in [-0.2, 0) is 4.79 Å². The number of anilines is 2. The first-order valence-corrected chi connectivity index (χ1v) is 9.20. The predicted octanol–water partition coefficient (Wildman–Crippen LogP) is 2.73. The Balaban J connectivity index is 0.000000186. The largest absolute Gasteiger partial charge is 0.433 e. The summed E-state index contributed by atoms with van der Waals surface area (Å²) < 4.78 is 4.78. The average molecular weight is 451 g/mol. The van der Waals surface area contributed by atoms with Crippen LogP contribution < -0.4 is 16.8 Å². The van der Waals surface area contributed by atoms with Crippen LogP contribution in [-0.4, -0.2) is 39.6 Å². The van der Waals surface area contributed by atoms with Gasteiger partial charge in [0.25, 0.3) is 0 Å². The number of nitrogens with one attached hydrogen (secondary N) is 1. The van der Waals surface area contributed by atoms with Crippen molar-refractivity contribution in [2.24, 2.45) is 15.3 Å². The number of hydrogen-bond donors (Lipinski definition) is 3. The molecule has 1 aromatic carbocycles. The lowest BCUT2D eigenvalue weighted by Crippen LogP contribution is -2.24. The van der Waals surface area contributed by atoms with Crippen molar-refractivity contribution in [2.45, 2.75) is 0 Å². The zero-order valence-corrected chi connectivity index (χ0v) is 16.9. The number of nitrogen functional groups attached to an aromatic ring is 2. The van der Waals surface area contributed by atoms with Gasteiger partial charge in [0.2, 0.25) is 5.91 Å². The van der Waals surface area contributed by atoms with E-state index >= 15 is 0 Å². The van der Waals surface area contributed by atoms with Crippen molar-refractivity contribution in [1.82, 2.24) is 15.3 Å². The zero-order chi connectivity index (χ0) is 23.8. The first kappa shape index (κ1) is 22.5. The molecular weight excluding hydrogens is 434 g/mol. The molecule has 0 aliphatic carbocycles. The summed E-state index contributed by atoms with van der Waals surface area (Å²) in [5.41, 5.74) is 12.4. The second-order valence-corrected chi connectivity index (χ2v) is 6.26. The van der Waals surface area contributed by atoms with Gasteiger partial charge >= 0.3 is 11.9 Å². The molecule has 4 rings (SSSR count). The number of hydrazone groups is 1. The van der Waals surface area contributed by atoms with Gasteiger partial charge in [0, 0.05) is 0 Å². The second kappa shape index (κ2) is 10.3. The Morgan fingerprint density at radius 3 is 2.45 bits per heavy atom. The van der Waals surface area contributed by atoms with Crippen LogP contribution in [0.5, 0.6) is 0 Å². The minimum Gasteiger partial charge on any atom is -0.400 e. The van der Waals surface area contributed by atoms with Gasteiger partial charge in [-0.1, -0.05) is 18.2 Å². The molecule has 2 aromatic heterocycles. The molecule has 1 saturated heterocycles. The molecule has 0 unspecified atom stereocenters. The van der Waals surface area contributed by atoms with Gasteiger partial charge in [-0.15, -0.1) is 5.11 Å². The van der Waals surface area contributed by atoms with Crippen molar-refractivity contribution in [1.29, 1.82) is 0 Å². The molecule has 5 N–H and O–H groups in total. The lowest BCUT2D eigenvalue weighted by Gasteiger charge is -2.02. The van der Waals surface area contributed by atoms with Crippen LogP contribution in [0.2, 0.25) is 0 Å². The molecule has 0 radical (unpaired) electrons. The first-order chi connectivity index (χ1) is 15.8. The Kier molecular flexibility index (Phi) is 7.00. The topological polar surface area (TPSA) is 208 Å². The van der Waals surface area contributed by atoms with Crippen LogP contribution in [0.3, 0.4) is 0 Å². The van der Waals surface area contributed by atoms with E-state index in [1.807, 2.05) is 35.6 Å². The zero-order valence-electron chi connectivity index (χ0n) is 16.9. The number of furan rings is 1. The second-order valence-electron chi connectivity index (χ2n) is 6.26. The van der Waals surface area contributed by atoms with E-state index < -0.39 is 22.7 Å². The third-order valence-corrected chi connectivity index (χ3v) is 3.84. The van der Waals surface area contributed by atoms with Crippen molar-refractivity contribution in [3.05, 3.63) is 70.5 Å². The number of carbonyl (C=O) groups excluding carboxylic acids is 2. The van der Waals surface area contributed by atoms with E-state index in [2.05, 4.69) is 20.3 Å². The lowest BCUT2D eigenvalue weighted by atomic mass is 10.3. The lowest BCUT2D eigenvalue weighted by molar-refractivity contribution is -0.402. The highest BCUT2D eigenvalue weighted by Crippen LogP contribution is 2.23. The van der Waals surface area contributed by atoms with Crippen molar-refractivity contribution < 1.29 is 18.9 Å².